The Morgan fingerprint density at radius 2 is 2.05 bits per heavy atom. The summed E-state index contributed by atoms with van der Waals surface area (Å²) in [5.41, 5.74) is 7.59. The molecule has 20 heavy (non-hydrogen) atoms. The van der Waals surface area contributed by atoms with Crippen molar-refractivity contribution in [3.63, 3.8) is 0 Å². The molecule has 1 unspecified atom stereocenters. The average molecular weight is 406 g/mol. The molecule has 0 aliphatic rings. The molecule has 0 fully saturated rings. The number of nitrogens with two attached hydrogens (primary N) is 1. The largest absolute Gasteiger partial charge is 0.480 e. The third-order valence-corrected chi connectivity index (χ3v) is 4.32. The van der Waals surface area contributed by atoms with Gasteiger partial charge in [-0.15, -0.1) is 0 Å². The molecule has 2 N–H and O–H groups in total. The first-order valence-electron chi connectivity index (χ1n) is 5.72. The number of benzene rings is 1. The highest BCUT2D eigenvalue weighted by atomic mass is 127. The van der Waals surface area contributed by atoms with Crippen molar-refractivity contribution in [2.45, 2.75) is 6.04 Å². The van der Waals surface area contributed by atoms with Gasteiger partial charge in [-0.1, -0.05) is 17.7 Å². The van der Waals surface area contributed by atoms with Gasteiger partial charge in [-0.3, -0.25) is 0 Å². The molecule has 0 aliphatic carbocycles. The number of rotatable bonds is 4. The molecule has 2 aromatic rings. The maximum atomic E-state index is 6.22. The predicted molar refractivity (Wildman–Crippen MR) is 85.3 cm³/mol. The van der Waals surface area contributed by atoms with E-state index in [2.05, 4.69) is 32.6 Å². The van der Waals surface area contributed by atoms with Crippen LogP contribution in [0.1, 0.15) is 17.3 Å². The highest BCUT2D eigenvalue weighted by Crippen LogP contribution is 2.29. The lowest BCUT2D eigenvalue weighted by atomic mass is 10.0. The SMILES string of the molecule is COc1cnc(C(N)c2ccc(I)c(Cl)c2)c(OC)n1. The molecule has 1 heterocycles. The average Bonchev–Trinajstić information content (AvgIpc) is 2.48. The second kappa shape index (κ2) is 6.55. The zero-order chi connectivity index (χ0) is 14.7. The summed E-state index contributed by atoms with van der Waals surface area (Å²) in [6, 6.07) is 5.16. The molecule has 1 aromatic heterocycles. The lowest BCUT2D eigenvalue weighted by Crippen LogP contribution is -2.16. The number of aromatic nitrogens is 2. The molecular weight excluding hydrogens is 393 g/mol. The fourth-order valence-corrected chi connectivity index (χ4v) is 2.22. The second-order valence-corrected chi connectivity index (χ2v) is 5.53. The van der Waals surface area contributed by atoms with Crippen molar-refractivity contribution in [2.24, 2.45) is 5.73 Å². The Kier molecular flexibility index (Phi) is 5.00. The van der Waals surface area contributed by atoms with Crippen molar-refractivity contribution in [2.75, 3.05) is 14.2 Å². The van der Waals surface area contributed by atoms with Gasteiger partial charge in [-0.2, -0.15) is 4.98 Å². The van der Waals surface area contributed by atoms with Gasteiger partial charge in [0.15, 0.2) is 0 Å². The molecule has 0 amide bonds. The van der Waals surface area contributed by atoms with Gasteiger partial charge in [0.1, 0.15) is 5.69 Å². The number of methoxy groups -OCH3 is 2. The van der Waals surface area contributed by atoms with E-state index in [0.717, 1.165) is 9.13 Å². The van der Waals surface area contributed by atoms with Crippen LogP contribution in [0.4, 0.5) is 0 Å². The van der Waals surface area contributed by atoms with E-state index in [9.17, 15) is 0 Å². The summed E-state index contributed by atoms with van der Waals surface area (Å²) >= 11 is 8.28. The van der Waals surface area contributed by atoms with Crippen LogP contribution in [0.2, 0.25) is 5.02 Å². The number of hydrogen-bond acceptors (Lipinski definition) is 5. The van der Waals surface area contributed by atoms with Crippen LogP contribution in [0.15, 0.2) is 24.4 Å². The molecule has 2 rings (SSSR count). The first-order valence-corrected chi connectivity index (χ1v) is 7.18. The zero-order valence-corrected chi connectivity index (χ0v) is 13.8. The van der Waals surface area contributed by atoms with Crippen LogP contribution in [0, 0.1) is 3.57 Å². The highest BCUT2D eigenvalue weighted by Gasteiger charge is 2.18. The van der Waals surface area contributed by atoms with Crippen molar-refractivity contribution in [1.29, 1.82) is 0 Å². The fraction of sp³-hybridized carbons (Fsp3) is 0.231. The van der Waals surface area contributed by atoms with Gasteiger partial charge in [-0.05, 0) is 40.3 Å². The van der Waals surface area contributed by atoms with Gasteiger partial charge in [0, 0.05) is 3.57 Å². The summed E-state index contributed by atoms with van der Waals surface area (Å²) in [7, 11) is 3.03. The number of ether oxygens (including phenoxy) is 2. The number of nitrogens with zero attached hydrogens (tertiary/aromatic N) is 2. The quantitative estimate of drug-likeness (QED) is 0.792. The molecule has 0 aliphatic heterocycles. The van der Waals surface area contributed by atoms with Crippen LogP contribution >= 0.6 is 34.2 Å². The summed E-state index contributed by atoms with van der Waals surface area (Å²) < 4.78 is 11.2. The lowest BCUT2D eigenvalue weighted by Gasteiger charge is -2.15. The van der Waals surface area contributed by atoms with E-state index in [-0.39, 0.29) is 0 Å². The van der Waals surface area contributed by atoms with E-state index in [1.807, 2.05) is 18.2 Å². The standard InChI is InChI=1S/C13H13ClIN3O2/c1-19-10-6-17-12(13(18-10)20-2)11(16)7-3-4-9(15)8(14)5-7/h3-6,11H,16H2,1-2H3. The first-order chi connectivity index (χ1) is 9.56. The van der Waals surface area contributed by atoms with Crippen LogP contribution in [0.3, 0.4) is 0 Å². The third-order valence-electron chi connectivity index (χ3n) is 2.74. The van der Waals surface area contributed by atoms with Crippen molar-refractivity contribution < 1.29 is 9.47 Å². The van der Waals surface area contributed by atoms with Gasteiger partial charge in [0.2, 0.25) is 11.8 Å². The topological polar surface area (TPSA) is 70.3 Å². The van der Waals surface area contributed by atoms with Crippen LogP contribution in [0.25, 0.3) is 0 Å². The summed E-state index contributed by atoms with van der Waals surface area (Å²) in [4.78, 5) is 8.44. The minimum Gasteiger partial charge on any atom is -0.480 e. The van der Waals surface area contributed by atoms with Crippen LogP contribution in [-0.2, 0) is 0 Å². The Balaban J connectivity index is 2.41. The van der Waals surface area contributed by atoms with E-state index < -0.39 is 6.04 Å². The number of halogens is 2. The van der Waals surface area contributed by atoms with E-state index in [1.54, 1.807) is 0 Å². The molecule has 0 saturated heterocycles. The van der Waals surface area contributed by atoms with Gasteiger partial charge < -0.3 is 15.2 Å². The molecule has 0 radical (unpaired) electrons. The summed E-state index contributed by atoms with van der Waals surface area (Å²) in [6.45, 7) is 0. The van der Waals surface area contributed by atoms with Gasteiger partial charge >= 0.3 is 0 Å². The van der Waals surface area contributed by atoms with Gasteiger partial charge in [0.25, 0.3) is 0 Å². The first kappa shape index (κ1) is 15.3. The Bertz CT molecular complexity index is 625. The maximum absolute atomic E-state index is 6.22. The Morgan fingerprint density at radius 3 is 2.65 bits per heavy atom. The monoisotopic (exact) mass is 405 g/mol. The molecule has 0 saturated carbocycles. The summed E-state index contributed by atoms with van der Waals surface area (Å²) in [5.74, 6) is 0.713. The molecule has 0 bridgehead atoms. The van der Waals surface area contributed by atoms with Crippen molar-refractivity contribution in [3.05, 3.63) is 44.2 Å². The normalized spacial score (nSPS) is 12.1. The summed E-state index contributed by atoms with van der Waals surface area (Å²) in [6.07, 6.45) is 1.51. The minimum atomic E-state index is -0.474. The minimum absolute atomic E-state index is 0.339. The van der Waals surface area contributed by atoms with E-state index in [1.165, 1.54) is 20.4 Å². The lowest BCUT2D eigenvalue weighted by molar-refractivity contribution is 0.355. The molecule has 106 valence electrons. The molecule has 0 spiro atoms. The molecule has 1 aromatic carbocycles. The van der Waals surface area contributed by atoms with Gasteiger partial charge in [-0.25, -0.2) is 4.98 Å². The summed E-state index contributed by atoms with van der Waals surface area (Å²) in [5, 5.41) is 0.652. The van der Waals surface area contributed by atoms with Crippen molar-refractivity contribution in [1.82, 2.24) is 9.97 Å². The van der Waals surface area contributed by atoms with Crippen LogP contribution in [0.5, 0.6) is 11.8 Å². The van der Waals surface area contributed by atoms with Crippen molar-refractivity contribution >= 4 is 34.2 Å². The Morgan fingerprint density at radius 1 is 1.30 bits per heavy atom. The highest BCUT2D eigenvalue weighted by molar-refractivity contribution is 14.1. The van der Waals surface area contributed by atoms with Crippen LogP contribution in [-0.4, -0.2) is 24.2 Å². The fourth-order valence-electron chi connectivity index (χ4n) is 1.69. The second-order valence-electron chi connectivity index (χ2n) is 3.96. The van der Waals surface area contributed by atoms with Crippen LogP contribution < -0.4 is 15.2 Å². The number of hydrogen-bond donors (Lipinski definition) is 1. The van der Waals surface area contributed by atoms with E-state index >= 15 is 0 Å². The van der Waals surface area contributed by atoms with E-state index in [0.29, 0.717) is 22.5 Å². The zero-order valence-electron chi connectivity index (χ0n) is 10.9. The Hall–Kier alpha value is -1.12. The van der Waals surface area contributed by atoms with Gasteiger partial charge in [0.05, 0.1) is 31.5 Å². The smallest absolute Gasteiger partial charge is 0.240 e. The molecular formula is C13H13ClIN3O2. The molecule has 1 atom stereocenters. The molecule has 5 nitrogen and oxygen atoms in total. The maximum Gasteiger partial charge on any atom is 0.240 e. The molecule has 7 heteroatoms. The predicted octanol–water partition coefficient (Wildman–Crippen LogP) is 2.80. The van der Waals surface area contributed by atoms with E-state index in [4.69, 9.17) is 26.8 Å². The Labute approximate surface area is 135 Å². The third kappa shape index (κ3) is 3.13. The van der Waals surface area contributed by atoms with Crippen molar-refractivity contribution in [3.8, 4) is 11.8 Å².